The summed E-state index contributed by atoms with van der Waals surface area (Å²) in [6.45, 7) is 0.420. The second-order valence-corrected chi connectivity index (χ2v) is 5.30. The molecule has 0 saturated carbocycles. The lowest BCUT2D eigenvalue weighted by atomic mass is 10.1. The number of rotatable bonds is 6. The minimum Gasteiger partial charge on any atom is -0.493 e. The van der Waals surface area contributed by atoms with Gasteiger partial charge in [0.15, 0.2) is 23.5 Å². The average molecular weight is 326 g/mol. The van der Waals surface area contributed by atoms with Crippen LogP contribution in [0, 0.1) is 0 Å². The molecule has 1 aromatic heterocycles. The van der Waals surface area contributed by atoms with Gasteiger partial charge in [-0.25, -0.2) is 4.98 Å². The van der Waals surface area contributed by atoms with Crippen LogP contribution in [0.2, 0.25) is 0 Å². The van der Waals surface area contributed by atoms with Gasteiger partial charge in [-0.15, -0.1) is 0 Å². The van der Waals surface area contributed by atoms with Gasteiger partial charge in [-0.05, 0) is 35.4 Å². The van der Waals surface area contributed by atoms with Crippen molar-refractivity contribution in [1.29, 1.82) is 0 Å². The highest BCUT2D eigenvalue weighted by molar-refractivity contribution is 5.80. The minimum atomic E-state index is -0.0661. The molecule has 6 nitrogen and oxygen atoms in total. The highest BCUT2D eigenvalue weighted by Gasteiger charge is 2.08. The Labute approximate surface area is 139 Å². The summed E-state index contributed by atoms with van der Waals surface area (Å²) in [5.41, 5.74) is 3.28. The number of methoxy groups -OCH3 is 2. The van der Waals surface area contributed by atoms with E-state index in [-0.39, 0.29) is 12.3 Å². The summed E-state index contributed by atoms with van der Waals surface area (Å²) in [4.78, 5) is 16.2. The Balaban J connectivity index is 1.60. The van der Waals surface area contributed by atoms with Gasteiger partial charge < -0.3 is 19.2 Å². The molecule has 0 saturated heterocycles. The summed E-state index contributed by atoms with van der Waals surface area (Å²) in [6.07, 6.45) is 1.68. The largest absolute Gasteiger partial charge is 0.493 e. The van der Waals surface area contributed by atoms with Crippen molar-refractivity contribution in [3.63, 3.8) is 0 Å². The number of amides is 1. The number of carbonyl (C=O) groups excluding carboxylic acids is 1. The second kappa shape index (κ2) is 7.04. The van der Waals surface area contributed by atoms with Crippen molar-refractivity contribution >= 4 is 17.0 Å². The van der Waals surface area contributed by atoms with Crippen molar-refractivity contribution in [2.75, 3.05) is 14.2 Å². The zero-order valence-corrected chi connectivity index (χ0v) is 13.5. The van der Waals surface area contributed by atoms with Crippen LogP contribution in [0.15, 0.2) is 47.2 Å². The van der Waals surface area contributed by atoms with Crippen LogP contribution in [0.25, 0.3) is 11.1 Å². The topological polar surface area (TPSA) is 73.6 Å². The summed E-state index contributed by atoms with van der Waals surface area (Å²) in [5, 5.41) is 2.90. The van der Waals surface area contributed by atoms with E-state index >= 15 is 0 Å². The summed E-state index contributed by atoms with van der Waals surface area (Å²) in [6, 6.07) is 11.1. The Kier molecular flexibility index (Phi) is 4.65. The first-order chi connectivity index (χ1) is 11.7. The Bertz CT molecular complexity index is 857. The number of nitrogens with zero attached hydrogens (tertiary/aromatic N) is 1. The van der Waals surface area contributed by atoms with Crippen LogP contribution in [0.1, 0.15) is 11.1 Å². The predicted octanol–water partition coefficient (Wildman–Crippen LogP) is 2.70. The van der Waals surface area contributed by atoms with E-state index in [1.54, 1.807) is 14.2 Å². The van der Waals surface area contributed by atoms with Crippen LogP contribution in [-0.4, -0.2) is 25.1 Å². The molecule has 1 amide bonds. The Morgan fingerprint density at radius 1 is 1.08 bits per heavy atom. The number of nitrogens with one attached hydrogen (secondary N) is 1. The van der Waals surface area contributed by atoms with E-state index in [2.05, 4.69) is 10.3 Å². The Hall–Kier alpha value is -3.02. The second-order valence-electron chi connectivity index (χ2n) is 5.30. The normalized spacial score (nSPS) is 10.6. The van der Waals surface area contributed by atoms with Gasteiger partial charge in [0.05, 0.1) is 20.6 Å². The molecule has 3 aromatic rings. The van der Waals surface area contributed by atoms with Crippen LogP contribution in [-0.2, 0) is 17.8 Å². The fourth-order valence-electron chi connectivity index (χ4n) is 2.45. The van der Waals surface area contributed by atoms with E-state index in [0.29, 0.717) is 23.6 Å². The number of carbonyl (C=O) groups is 1. The maximum atomic E-state index is 12.1. The molecule has 0 atom stereocenters. The molecule has 124 valence electrons. The van der Waals surface area contributed by atoms with Crippen LogP contribution in [0.4, 0.5) is 0 Å². The first kappa shape index (κ1) is 15.9. The van der Waals surface area contributed by atoms with Gasteiger partial charge in [0.1, 0.15) is 5.52 Å². The molecule has 0 spiro atoms. The lowest BCUT2D eigenvalue weighted by Gasteiger charge is -2.10. The van der Waals surface area contributed by atoms with Gasteiger partial charge in [0.2, 0.25) is 5.91 Å². The molecule has 0 bridgehead atoms. The van der Waals surface area contributed by atoms with E-state index in [9.17, 15) is 4.79 Å². The number of aromatic nitrogens is 1. The SMILES string of the molecule is COc1ccc(CNC(=O)Cc2ccc3ncoc3c2)cc1OC. The first-order valence-corrected chi connectivity index (χ1v) is 7.49. The maximum absolute atomic E-state index is 12.1. The molecule has 0 radical (unpaired) electrons. The van der Waals surface area contributed by atoms with Gasteiger partial charge in [0, 0.05) is 6.54 Å². The number of ether oxygens (including phenoxy) is 2. The number of hydrogen-bond donors (Lipinski definition) is 1. The predicted molar refractivity (Wildman–Crippen MR) is 89.1 cm³/mol. The molecule has 0 unspecified atom stereocenters. The monoisotopic (exact) mass is 326 g/mol. The third-order valence-electron chi connectivity index (χ3n) is 3.70. The summed E-state index contributed by atoms with van der Waals surface area (Å²) >= 11 is 0. The fourth-order valence-corrected chi connectivity index (χ4v) is 2.45. The number of fused-ring (bicyclic) bond motifs is 1. The highest BCUT2D eigenvalue weighted by atomic mass is 16.5. The van der Waals surface area contributed by atoms with E-state index < -0.39 is 0 Å². The highest BCUT2D eigenvalue weighted by Crippen LogP contribution is 2.27. The van der Waals surface area contributed by atoms with E-state index in [4.69, 9.17) is 13.9 Å². The third kappa shape index (κ3) is 3.48. The van der Waals surface area contributed by atoms with Crippen LogP contribution >= 0.6 is 0 Å². The molecule has 1 N–H and O–H groups in total. The van der Waals surface area contributed by atoms with Crippen LogP contribution in [0.3, 0.4) is 0 Å². The van der Waals surface area contributed by atoms with Crippen molar-refractivity contribution < 1.29 is 18.7 Å². The third-order valence-corrected chi connectivity index (χ3v) is 3.70. The van der Waals surface area contributed by atoms with Gasteiger partial charge in [-0.1, -0.05) is 12.1 Å². The Morgan fingerprint density at radius 2 is 1.88 bits per heavy atom. The maximum Gasteiger partial charge on any atom is 0.224 e. The van der Waals surface area contributed by atoms with Gasteiger partial charge >= 0.3 is 0 Å². The summed E-state index contributed by atoms with van der Waals surface area (Å²) in [5.74, 6) is 1.23. The molecule has 0 aliphatic heterocycles. The van der Waals surface area contributed by atoms with Gasteiger partial charge in [-0.3, -0.25) is 4.79 Å². The number of oxazole rings is 1. The van der Waals surface area contributed by atoms with Crippen molar-refractivity contribution in [3.05, 3.63) is 53.9 Å². The lowest BCUT2D eigenvalue weighted by molar-refractivity contribution is -0.120. The lowest BCUT2D eigenvalue weighted by Crippen LogP contribution is -2.24. The van der Waals surface area contributed by atoms with Gasteiger partial charge in [-0.2, -0.15) is 0 Å². The zero-order valence-electron chi connectivity index (χ0n) is 13.5. The van der Waals surface area contributed by atoms with Gasteiger partial charge in [0.25, 0.3) is 0 Å². The van der Waals surface area contributed by atoms with Crippen LogP contribution in [0.5, 0.6) is 11.5 Å². The zero-order chi connectivity index (χ0) is 16.9. The van der Waals surface area contributed by atoms with Crippen molar-refractivity contribution in [2.45, 2.75) is 13.0 Å². The Morgan fingerprint density at radius 3 is 2.67 bits per heavy atom. The molecule has 0 fully saturated rings. The first-order valence-electron chi connectivity index (χ1n) is 7.49. The van der Waals surface area contributed by atoms with Crippen molar-refractivity contribution in [2.24, 2.45) is 0 Å². The molecule has 2 aromatic carbocycles. The van der Waals surface area contributed by atoms with E-state index in [1.165, 1.54) is 6.39 Å². The molecule has 1 heterocycles. The van der Waals surface area contributed by atoms with Crippen LogP contribution < -0.4 is 14.8 Å². The number of benzene rings is 2. The quantitative estimate of drug-likeness (QED) is 0.754. The fraction of sp³-hybridized carbons (Fsp3) is 0.222. The molecular formula is C18H18N2O4. The average Bonchev–Trinajstić information content (AvgIpc) is 3.07. The summed E-state index contributed by atoms with van der Waals surface area (Å²) in [7, 11) is 3.17. The van der Waals surface area contributed by atoms with Crippen molar-refractivity contribution in [3.8, 4) is 11.5 Å². The molecule has 24 heavy (non-hydrogen) atoms. The van der Waals surface area contributed by atoms with E-state index in [1.807, 2.05) is 36.4 Å². The number of hydrogen-bond acceptors (Lipinski definition) is 5. The van der Waals surface area contributed by atoms with E-state index in [0.717, 1.165) is 16.6 Å². The summed E-state index contributed by atoms with van der Waals surface area (Å²) < 4.78 is 15.7. The smallest absolute Gasteiger partial charge is 0.224 e. The van der Waals surface area contributed by atoms with Crippen molar-refractivity contribution in [1.82, 2.24) is 10.3 Å². The standard InChI is InChI=1S/C18H18N2O4/c1-22-15-6-4-13(8-17(15)23-2)10-19-18(21)9-12-3-5-14-16(7-12)24-11-20-14/h3-8,11H,9-10H2,1-2H3,(H,19,21). The molecular weight excluding hydrogens is 308 g/mol. The molecule has 6 heteroatoms. The minimum absolute atomic E-state index is 0.0661. The molecule has 3 rings (SSSR count). The molecule has 0 aliphatic rings. The molecule has 0 aliphatic carbocycles.